The van der Waals surface area contributed by atoms with Crippen molar-refractivity contribution in [2.24, 2.45) is 0 Å². The Kier molecular flexibility index (Phi) is 2.90. The number of pyridine rings is 1. The Balaban J connectivity index is 2.13. The van der Waals surface area contributed by atoms with Crippen molar-refractivity contribution >= 4 is 21.8 Å². The number of carbonyl (C=O) groups excluding carboxylic acids is 1. The summed E-state index contributed by atoms with van der Waals surface area (Å²) in [4.78, 5) is 15.5. The predicted octanol–water partition coefficient (Wildman–Crippen LogP) is 1.42. The van der Waals surface area contributed by atoms with Crippen LogP contribution in [0.1, 0.15) is 12.1 Å². The molecular weight excluding hydrogens is 260 g/mol. The summed E-state index contributed by atoms with van der Waals surface area (Å²) in [5.41, 5.74) is 0.782. The molecule has 1 aliphatic heterocycles. The number of hydrogen-bond donors (Lipinski definition) is 1. The van der Waals surface area contributed by atoms with Gasteiger partial charge in [0.15, 0.2) is 6.10 Å². The molecule has 0 radical (unpaired) electrons. The number of aryl methyl sites for hydroxylation is 1. The average molecular weight is 271 g/mol. The average Bonchev–Trinajstić information content (AvgIpc) is 2.57. The molecule has 1 saturated heterocycles. The Morgan fingerprint density at radius 1 is 1.60 bits per heavy atom. The van der Waals surface area contributed by atoms with Crippen molar-refractivity contribution in [3.63, 3.8) is 0 Å². The Hall–Kier alpha value is -1.10. The molecule has 1 unspecified atom stereocenters. The van der Waals surface area contributed by atoms with Crippen LogP contribution in [0.5, 0.6) is 5.75 Å². The molecule has 15 heavy (non-hydrogen) atoms. The third kappa shape index (κ3) is 2.28. The molecule has 80 valence electrons. The highest BCUT2D eigenvalue weighted by Gasteiger charge is 2.26. The summed E-state index contributed by atoms with van der Waals surface area (Å²) in [5, 5.41) is 2.73. The van der Waals surface area contributed by atoms with Gasteiger partial charge in [0.2, 0.25) is 0 Å². The zero-order chi connectivity index (χ0) is 10.8. The van der Waals surface area contributed by atoms with Crippen molar-refractivity contribution in [1.29, 1.82) is 0 Å². The number of rotatable bonds is 2. The standard InChI is InChI=1S/C10H11BrN2O2/c1-6-7(2-3-9(11)13-6)15-8-4-5-12-10(8)14/h2-3,8H,4-5H2,1H3,(H,12,14). The lowest BCUT2D eigenvalue weighted by molar-refractivity contribution is -0.124. The van der Waals surface area contributed by atoms with Gasteiger partial charge in [0.1, 0.15) is 10.4 Å². The van der Waals surface area contributed by atoms with E-state index in [4.69, 9.17) is 4.74 Å². The maximum Gasteiger partial charge on any atom is 0.261 e. The largest absolute Gasteiger partial charge is 0.479 e. The van der Waals surface area contributed by atoms with E-state index in [0.29, 0.717) is 18.7 Å². The number of carbonyl (C=O) groups is 1. The Labute approximate surface area is 96.2 Å². The number of aromatic nitrogens is 1. The van der Waals surface area contributed by atoms with Crippen molar-refractivity contribution in [1.82, 2.24) is 10.3 Å². The van der Waals surface area contributed by atoms with Crippen LogP contribution in [0.4, 0.5) is 0 Å². The number of nitrogens with zero attached hydrogens (tertiary/aromatic N) is 1. The summed E-state index contributed by atoms with van der Waals surface area (Å²) < 4.78 is 6.34. The minimum Gasteiger partial charge on any atom is -0.479 e. The summed E-state index contributed by atoms with van der Waals surface area (Å²) in [6, 6.07) is 3.62. The van der Waals surface area contributed by atoms with Gasteiger partial charge in [-0.1, -0.05) is 0 Å². The molecule has 4 nitrogen and oxygen atoms in total. The summed E-state index contributed by atoms with van der Waals surface area (Å²) in [6.45, 7) is 2.54. The lowest BCUT2D eigenvalue weighted by Gasteiger charge is -2.12. The smallest absolute Gasteiger partial charge is 0.261 e. The van der Waals surface area contributed by atoms with Crippen LogP contribution in [0, 0.1) is 6.92 Å². The first-order chi connectivity index (χ1) is 7.16. The molecule has 0 bridgehead atoms. The fraction of sp³-hybridized carbons (Fsp3) is 0.400. The van der Waals surface area contributed by atoms with Crippen LogP contribution >= 0.6 is 15.9 Å². The first-order valence-electron chi connectivity index (χ1n) is 4.74. The summed E-state index contributed by atoms with van der Waals surface area (Å²) in [5.74, 6) is 0.623. The van der Waals surface area contributed by atoms with Gasteiger partial charge in [-0.2, -0.15) is 0 Å². The molecule has 0 spiro atoms. The Morgan fingerprint density at radius 3 is 3.00 bits per heavy atom. The van der Waals surface area contributed by atoms with Crippen LogP contribution in [0.25, 0.3) is 0 Å². The highest BCUT2D eigenvalue weighted by atomic mass is 79.9. The molecular formula is C10H11BrN2O2. The summed E-state index contributed by atoms with van der Waals surface area (Å²) in [6.07, 6.45) is 0.348. The SMILES string of the molecule is Cc1nc(Br)ccc1OC1CCNC1=O. The number of halogens is 1. The van der Waals surface area contributed by atoms with Gasteiger partial charge in [0, 0.05) is 13.0 Å². The van der Waals surface area contributed by atoms with Crippen molar-refractivity contribution in [3.05, 3.63) is 22.4 Å². The molecule has 2 rings (SSSR count). The van der Waals surface area contributed by atoms with E-state index in [0.717, 1.165) is 10.3 Å². The Morgan fingerprint density at radius 2 is 2.40 bits per heavy atom. The number of nitrogens with one attached hydrogen (secondary N) is 1. The fourth-order valence-electron chi connectivity index (χ4n) is 1.48. The minimum absolute atomic E-state index is 0.0441. The van der Waals surface area contributed by atoms with E-state index >= 15 is 0 Å². The molecule has 5 heteroatoms. The molecule has 1 N–H and O–H groups in total. The molecule has 0 saturated carbocycles. The molecule has 1 fully saturated rings. The second-order valence-electron chi connectivity index (χ2n) is 3.40. The minimum atomic E-state index is -0.369. The quantitative estimate of drug-likeness (QED) is 0.828. The summed E-state index contributed by atoms with van der Waals surface area (Å²) >= 11 is 3.27. The molecule has 1 atom stereocenters. The lowest BCUT2D eigenvalue weighted by Crippen LogP contribution is -2.27. The first-order valence-corrected chi connectivity index (χ1v) is 5.53. The van der Waals surface area contributed by atoms with Crippen molar-refractivity contribution in [3.8, 4) is 5.75 Å². The number of hydrogen-bond acceptors (Lipinski definition) is 3. The summed E-state index contributed by atoms with van der Waals surface area (Å²) in [7, 11) is 0. The van der Waals surface area contributed by atoms with Crippen LogP contribution in [-0.2, 0) is 4.79 Å². The second-order valence-corrected chi connectivity index (χ2v) is 4.22. The van der Waals surface area contributed by atoms with E-state index in [1.54, 1.807) is 6.07 Å². The van der Waals surface area contributed by atoms with Gasteiger partial charge < -0.3 is 10.1 Å². The number of amides is 1. The fourth-order valence-corrected chi connectivity index (χ4v) is 1.88. The normalized spacial score (nSPS) is 20.1. The van der Waals surface area contributed by atoms with Gasteiger partial charge >= 0.3 is 0 Å². The van der Waals surface area contributed by atoms with E-state index in [2.05, 4.69) is 26.2 Å². The first kappa shape index (κ1) is 10.4. The number of ether oxygens (including phenoxy) is 1. The predicted molar refractivity (Wildman–Crippen MR) is 58.7 cm³/mol. The van der Waals surface area contributed by atoms with E-state index < -0.39 is 0 Å². The van der Waals surface area contributed by atoms with Crippen molar-refractivity contribution in [2.75, 3.05) is 6.54 Å². The second kappa shape index (κ2) is 4.18. The van der Waals surface area contributed by atoms with Crippen LogP contribution in [-0.4, -0.2) is 23.5 Å². The monoisotopic (exact) mass is 270 g/mol. The molecule has 0 aromatic carbocycles. The zero-order valence-electron chi connectivity index (χ0n) is 8.29. The van der Waals surface area contributed by atoms with E-state index in [1.807, 2.05) is 13.0 Å². The molecule has 0 aliphatic carbocycles. The van der Waals surface area contributed by atoms with Crippen LogP contribution in [0.2, 0.25) is 0 Å². The van der Waals surface area contributed by atoms with Gasteiger partial charge in [-0.15, -0.1) is 0 Å². The molecule has 1 amide bonds. The van der Waals surface area contributed by atoms with E-state index in [9.17, 15) is 4.79 Å². The lowest BCUT2D eigenvalue weighted by atomic mass is 10.3. The van der Waals surface area contributed by atoms with Gasteiger partial charge in [-0.3, -0.25) is 4.79 Å². The van der Waals surface area contributed by atoms with Crippen LogP contribution in [0.3, 0.4) is 0 Å². The van der Waals surface area contributed by atoms with Crippen LogP contribution in [0.15, 0.2) is 16.7 Å². The third-order valence-electron chi connectivity index (χ3n) is 2.27. The molecule has 1 aliphatic rings. The van der Waals surface area contributed by atoms with E-state index in [-0.39, 0.29) is 12.0 Å². The maximum absolute atomic E-state index is 11.3. The van der Waals surface area contributed by atoms with Gasteiger partial charge in [0.05, 0.1) is 5.69 Å². The third-order valence-corrected chi connectivity index (χ3v) is 2.71. The topological polar surface area (TPSA) is 51.2 Å². The highest BCUT2D eigenvalue weighted by molar-refractivity contribution is 9.10. The zero-order valence-corrected chi connectivity index (χ0v) is 9.87. The molecule has 1 aromatic heterocycles. The van der Waals surface area contributed by atoms with Crippen molar-refractivity contribution in [2.45, 2.75) is 19.4 Å². The van der Waals surface area contributed by atoms with Crippen LogP contribution < -0.4 is 10.1 Å². The van der Waals surface area contributed by atoms with Gasteiger partial charge in [-0.25, -0.2) is 4.98 Å². The molecule has 1 aromatic rings. The van der Waals surface area contributed by atoms with Gasteiger partial charge in [-0.05, 0) is 35.0 Å². The van der Waals surface area contributed by atoms with E-state index in [1.165, 1.54) is 0 Å². The molecule has 2 heterocycles. The van der Waals surface area contributed by atoms with Crippen molar-refractivity contribution < 1.29 is 9.53 Å². The Bertz CT molecular complexity index is 395. The maximum atomic E-state index is 11.3. The van der Waals surface area contributed by atoms with Gasteiger partial charge in [0.25, 0.3) is 5.91 Å². The highest BCUT2D eigenvalue weighted by Crippen LogP contribution is 2.21.